The fraction of sp³-hybridized carbons (Fsp3) is 0.455. The fourth-order valence-electron chi connectivity index (χ4n) is 1.79. The van der Waals surface area contributed by atoms with Crippen LogP contribution >= 0.6 is 30.4 Å². The summed E-state index contributed by atoms with van der Waals surface area (Å²) in [5.74, 6) is 1.06. The van der Waals surface area contributed by atoms with Crippen LogP contribution in [0.1, 0.15) is 23.1 Å². The molecule has 0 bridgehead atoms. The number of ether oxygens (including phenoxy) is 1. The van der Waals surface area contributed by atoms with Crippen molar-refractivity contribution in [1.82, 2.24) is 0 Å². The third-order valence-corrected chi connectivity index (χ3v) is 3.60. The maximum atomic E-state index is 5.62. The van der Waals surface area contributed by atoms with Crippen LogP contribution in [0.5, 0.6) is 5.75 Å². The van der Waals surface area contributed by atoms with Gasteiger partial charge in [0.05, 0.1) is 22.4 Å². The van der Waals surface area contributed by atoms with Gasteiger partial charge in [-0.1, -0.05) is 0 Å². The van der Waals surface area contributed by atoms with E-state index < -0.39 is 0 Å². The van der Waals surface area contributed by atoms with Crippen LogP contribution in [0, 0.1) is 6.92 Å². The highest BCUT2D eigenvalue weighted by molar-refractivity contribution is 14.2. The lowest BCUT2D eigenvalue weighted by atomic mass is 10.00. The van der Waals surface area contributed by atoms with Crippen molar-refractivity contribution < 1.29 is 8.92 Å². The van der Waals surface area contributed by atoms with Crippen molar-refractivity contribution in [2.45, 2.75) is 26.4 Å². The summed E-state index contributed by atoms with van der Waals surface area (Å²) in [4.78, 5) is 0. The van der Waals surface area contributed by atoms with E-state index in [1.807, 2.05) is 0 Å². The molecule has 0 aromatic heterocycles. The molecule has 15 heavy (non-hydrogen) atoms. The lowest BCUT2D eigenvalue weighted by Crippen LogP contribution is -2.09. The van der Waals surface area contributed by atoms with Crippen molar-refractivity contribution in [1.29, 1.82) is 0 Å². The third kappa shape index (κ3) is 2.79. The Labute approximate surface area is 107 Å². The van der Waals surface area contributed by atoms with Gasteiger partial charge in [0.15, 0.2) is 0 Å². The summed E-state index contributed by atoms with van der Waals surface area (Å²) in [5.41, 5.74) is 3.84. The second-order valence-corrected chi connectivity index (χ2v) is 5.10. The summed E-state index contributed by atoms with van der Waals surface area (Å²) in [5, 5.41) is 0. The van der Waals surface area contributed by atoms with E-state index in [2.05, 4.69) is 40.3 Å². The van der Waals surface area contributed by atoms with Crippen LogP contribution in [0.4, 0.5) is 0 Å². The molecule has 0 amide bonds. The first-order valence-corrected chi connectivity index (χ1v) is 8.25. The van der Waals surface area contributed by atoms with Crippen molar-refractivity contribution in [2.75, 3.05) is 6.61 Å². The van der Waals surface area contributed by atoms with Gasteiger partial charge in [-0.3, -0.25) is 0 Å². The van der Waals surface area contributed by atoms with Crippen molar-refractivity contribution in [3.05, 3.63) is 28.8 Å². The zero-order chi connectivity index (χ0) is 10.7. The van der Waals surface area contributed by atoms with Gasteiger partial charge in [-0.25, -0.2) is 0 Å². The van der Waals surface area contributed by atoms with Gasteiger partial charge in [-0.2, -0.15) is 0 Å². The largest absolute Gasteiger partial charge is 0.493 e. The Morgan fingerprint density at radius 3 is 3.20 bits per heavy atom. The zero-order valence-corrected chi connectivity index (χ0v) is 11.6. The molecule has 0 saturated heterocycles. The number of hydrogen-bond donors (Lipinski definition) is 0. The molecule has 0 aliphatic carbocycles. The number of hydrogen-bond acceptors (Lipinski definition) is 3. The van der Waals surface area contributed by atoms with Gasteiger partial charge in [-0.15, -0.1) is 0 Å². The minimum absolute atomic E-state index is 0.673. The van der Waals surface area contributed by atoms with Crippen LogP contribution in [0.2, 0.25) is 0 Å². The van der Waals surface area contributed by atoms with Crippen LogP contribution in [-0.4, -0.2) is 6.61 Å². The van der Waals surface area contributed by atoms with Gasteiger partial charge in [0.25, 0.3) is 0 Å². The first kappa shape index (κ1) is 11.5. The van der Waals surface area contributed by atoms with Gasteiger partial charge in [0.2, 0.25) is 0 Å². The van der Waals surface area contributed by atoms with E-state index in [1.165, 1.54) is 25.9 Å². The molecule has 2 rings (SSSR count). The Bertz CT molecular complexity index is 355. The van der Waals surface area contributed by atoms with Gasteiger partial charge in [0, 0.05) is 21.2 Å². The number of rotatable bonds is 3. The average molecular weight is 336 g/mol. The van der Waals surface area contributed by atoms with E-state index in [9.17, 15) is 0 Å². The lowest BCUT2D eigenvalue weighted by Gasteiger charge is -2.19. The number of aryl methyl sites for hydroxylation is 2. The van der Waals surface area contributed by atoms with Gasteiger partial charge < -0.3 is 8.92 Å². The summed E-state index contributed by atoms with van der Waals surface area (Å²) in [6.45, 7) is 3.63. The molecule has 4 heteroatoms. The molecule has 1 aliphatic heterocycles. The van der Waals surface area contributed by atoms with E-state index in [4.69, 9.17) is 8.92 Å². The highest BCUT2D eigenvalue weighted by Crippen LogP contribution is 2.29. The van der Waals surface area contributed by atoms with E-state index >= 15 is 0 Å². The molecule has 2 nitrogen and oxygen atoms in total. The van der Waals surface area contributed by atoms with Crippen LogP contribution in [0.3, 0.4) is 0 Å². The molecule has 0 fully saturated rings. The summed E-state index contributed by atoms with van der Waals surface area (Å²) in [7, 11) is 1.38. The SMILES string of the molecule is Cc1cc2c(cc1COSI)CCCO2. The second-order valence-electron chi connectivity index (χ2n) is 3.66. The standard InChI is InChI=1S/C11H13IO2S/c1-8-5-11-9(3-2-4-13-11)6-10(8)7-14-15-12/h5-6H,2-4,7H2,1H3. The molecule has 0 spiro atoms. The first-order valence-electron chi connectivity index (χ1n) is 4.96. The molecule has 82 valence electrons. The molecular formula is C11H13IO2S. The summed E-state index contributed by atoms with van der Waals surface area (Å²) in [6, 6.07) is 4.35. The molecule has 0 N–H and O–H groups in total. The second kappa shape index (κ2) is 5.41. The van der Waals surface area contributed by atoms with Crippen molar-refractivity contribution in [2.24, 2.45) is 0 Å². The van der Waals surface area contributed by atoms with Gasteiger partial charge in [-0.05, 0) is 48.6 Å². The molecule has 1 heterocycles. The van der Waals surface area contributed by atoms with Gasteiger partial charge >= 0.3 is 0 Å². The van der Waals surface area contributed by atoms with Crippen LogP contribution in [0.15, 0.2) is 12.1 Å². The quantitative estimate of drug-likeness (QED) is 0.617. The van der Waals surface area contributed by atoms with Crippen molar-refractivity contribution in [3.8, 4) is 5.75 Å². The first-order chi connectivity index (χ1) is 7.31. The Morgan fingerprint density at radius 1 is 1.53 bits per heavy atom. The Morgan fingerprint density at radius 2 is 2.40 bits per heavy atom. The normalized spacial score (nSPS) is 14.5. The molecule has 0 radical (unpaired) electrons. The highest BCUT2D eigenvalue weighted by Gasteiger charge is 2.12. The Balaban J connectivity index is 2.24. The number of halogens is 1. The summed E-state index contributed by atoms with van der Waals surface area (Å²) in [6.07, 6.45) is 2.25. The average Bonchev–Trinajstić information content (AvgIpc) is 2.26. The molecular weight excluding hydrogens is 323 g/mol. The fourth-order valence-corrected chi connectivity index (χ4v) is 2.35. The predicted octanol–water partition coefficient (Wildman–Crippen LogP) is 3.83. The Kier molecular flexibility index (Phi) is 4.16. The predicted molar refractivity (Wildman–Crippen MR) is 71.4 cm³/mol. The van der Waals surface area contributed by atoms with Crippen LogP contribution < -0.4 is 4.74 Å². The van der Waals surface area contributed by atoms with E-state index in [0.717, 1.165) is 25.2 Å². The molecule has 1 aromatic rings. The maximum Gasteiger partial charge on any atom is 0.122 e. The molecule has 0 saturated carbocycles. The Hall–Kier alpha value is 0.0600. The summed E-state index contributed by atoms with van der Waals surface area (Å²) >= 11 is 2.14. The molecule has 0 unspecified atom stereocenters. The van der Waals surface area contributed by atoms with Gasteiger partial charge in [0.1, 0.15) is 5.75 Å². The zero-order valence-electron chi connectivity index (χ0n) is 8.59. The molecule has 1 aromatic carbocycles. The summed E-state index contributed by atoms with van der Waals surface area (Å²) < 4.78 is 11.0. The highest BCUT2D eigenvalue weighted by atomic mass is 127. The van der Waals surface area contributed by atoms with E-state index in [1.54, 1.807) is 0 Å². The van der Waals surface area contributed by atoms with Crippen LogP contribution in [-0.2, 0) is 17.2 Å². The third-order valence-electron chi connectivity index (χ3n) is 2.63. The van der Waals surface area contributed by atoms with E-state index in [-0.39, 0.29) is 0 Å². The van der Waals surface area contributed by atoms with Crippen molar-refractivity contribution in [3.63, 3.8) is 0 Å². The topological polar surface area (TPSA) is 18.5 Å². The molecule has 1 aliphatic rings. The van der Waals surface area contributed by atoms with Crippen LogP contribution in [0.25, 0.3) is 0 Å². The molecule has 0 atom stereocenters. The lowest BCUT2D eigenvalue weighted by molar-refractivity contribution is 0.287. The van der Waals surface area contributed by atoms with E-state index in [0.29, 0.717) is 6.61 Å². The smallest absolute Gasteiger partial charge is 0.122 e. The van der Waals surface area contributed by atoms with Crippen molar-refractivity contribution >= 4 is 30.4 Å². The number of fused-ring (bicyclic) bond motifs is 1. The minimum atomic E-state index is 0.673. The number of benzene rings is 1. The maximum absolute atomic E-state index is 5.62. The minimum Gasteiger partial charge on any atom is -0.493 e. The monoisotopic (exact) mass is 336 g/mol.